The van der Waals surface area contributed by atoms with Crippen LogP contribution in [-0.4, -0.2) is 4.57 Å². The lowest BCUT2D eigenvalue weighted by atomic mass is 10.3. The zero-order chi connectivity index (χ0) is 10.6. The van der Waals surface area contributed by atoms with E-state index in [1.54, 1.807) is 12.3 Å². The second-order valence-electron chi connectivity index (χ2n) is 2.88. The van der Waals surface area contributed by atoms with E-state index in [1.165, 1.54) is 4.57 Å². The summed E-state index contributed by atoms with van der Waals surface area (Å²) in [6.07, 6.45) is 2.69. The Morgan fingerprint density at radius 2 is 2.36 bits per heavy atom. The second-order valence-corrected chi connectivity index (χ2v) is 3.74. The number of nitrogen functional groups attached to an aromatic ring is 1. The van der Waals surface area contributed by atoms with Crippen molar-refractivity contribution in [1.82, 2.24) is 4.57 Å². The molecule has 5 heteroatoms. The summed E-state index contributed by atoms with van der Waals surface area (Å²) < 4.78 is 1.96. The van der Waals surface area contributed by atoms with Crippen LogP contribution in [0.3, 0.4) is 0 Å². The molecule has 0 atom stereocenters. The SMILES string of the molecule is N#CCCCn1cc(N)cc(Br)c1=O. The molecule has 0 saturated heterocycles. The highest BCUT2D eigenvalue weighted by molar-refractivity contribution is 9.10. The average Bonchev–Trinajstić information content (AvgIpc) is 2.13. The van der Waals surface area contributed by atoms with Gasteiger partial charge in [-0.1, -0.05) is 0 Å². The molecule has 1 rings (SSSR count). The van der Waals surface area contributed by atoms with Crippen molar-refractivity contribution in [2.45, 2.75) is 19.4 Å². The number of nitrogens with zero attached hydrogens (tertiary/aromatic N) is 2. The molecular formula is C9H10BrN3O. The van der Waals surface area contributed by atoms with Crippen molar-refractivity contribution in [1.29, 1.82) is 5.26 Å². The Hall–Kier alpha value is -1.28. The molecule has 0 unspecified atom stereocenters. The number of hydrogen-bond acceptors (Lipinski definition) is 3. The highest BCUT2D eigenvalue weighted by Crippen LogP contribution is 2.08. The molecule has 14 heavy (non-hydrogen) atoms. The predicted octanol–water partition coefficient (Wildman–Crippen LogP) is 1.50. The van der Waals surface area contributed by atoms with Gasteiger partial charge in [0.25, 0.3) is 5.56 Å². The number of nitriles is 1. The quantitative estimate of drug-likeness (QED) is 0.833. The van der Waals surface area contributed by atoms with Crippen LogP contribution in [0.5, 0.6) is 0 Å². The van der Waals surface area contributed by atoms with Gasteiger partial charge in [-0.15, -0.1) is 0 Å². The van der Waals surface area contributed by atoms with Gasteiger partial charge >= 0.3 is 0 Å². The molecule has 0 aliphatic heterocycles. The standard InChI is InChI=1S/C9H10BrN3O/c10-8-5-7(12)6-13(9(8)14)4-2-1-3-11/h5-6H,1-2,4,12H2. The van der Waals surface area contributed by atoms with Gasteiger partial charge < -0.3 is 10.3 Å². The lowest BCUT2D eigenvalue weighted by Crippen LogP contribution is -2.20. The average molecular weight is 256 g/mol. The van der Waals surface area contributed by atoms with Crippen LogP contribution >= 0.6 is 15.9 Å². The summed E-state index contributed by atoms with van der Waals surface area (Å²) in [4.78, 5) is 11.5. The number of rotatable bonds is 3. The van der Waals surface area contributed by atoms with Crippen molar-refractivity contribution < 1.29 is 0 Å². The third-order valence-electron chi connectivity index (χ3n) is 1.75. The topological polar surface area (TPSA) is 71.8 Å². The highest BCUT2D eigenvalue weighted by Gasteiger charge is 2.01. The summed E-state index contributed by atoms with van der Waals surface area (Å²) in [6, 6.07) is 3.60. The maximum atomic E-state index is 11.5. The number of pyridine rings is 1. The Kier molecular flexibility index (Phi) is 3.72. The molecular weight excluding hydrogens is 246 g/mol. The summed E-state index contributed by atoms with van der Waals surface area (Å²) >= 11 is 3.13. The first-order chi connectivity index (χ1) is 6.65. The van der Waals surface area contributed by atoms with E-state index in [0.717, 1.165) is 0 Å². The number of halogens is 1. The molecule has 74 valence electrons. The maximum absolute atomic E-state index is 11.5. The number of unbranched alkanes of at least 4 members (excludes halogenated alkanes) is 1. The van der Waals surface area contributed by atoms with Crippen molar-refractivity contribution in [3.05, 3.63) is 27.1 Å². The largest absolute Gasteiger partial charge is 0.398 e. The summed E-state index contributed by atoms with van der Waals surface area (Å²) in [5, 5.41) is 8.35. The van der Waals surface area contributed by atoms with Crippen LogP contribution < -0.4 is 11.3 Å². The third kappa shape index (κ3) is 2.60. The van der Waals surface area contributed by atoms with Crippen LogP contribution in [0.25, 0.3) is 0 Å². The molecule has 1 heterocycles. The maximum Gasteiger partial charge on any atom is 0.264 e. The van der Waals surface area contributed by atoms with Gasteiger partial charge in [0.15, 0.2) is 0 Å². The van der Waals surface area contributed by atoms with Gasteiger partial charge in [-0.05, 0) is 28.4 Å². The van der Waals surface area contributed by atoms with Crippen molar-refractivity contribution >= 4 is 21.6 Å². The first kappa shape index (κ1) is 10.8. The van der Waals surface area contributed by atoms with Crippen molar-refractivity contribution in [2.75, 3.05) is 5.73 Å². The minimum atomic E-state index is -0.114. The Morgan fingerprint density at radius 3 is 3.00 bits per heavy atom. The smallest absolute Gasteiger partial charge is 0.264 e. The van der Waals surface area contributed by atoms with E-state index < -0.39 is 0 Å². The van der Waals surface area contributed by atoms with Gasteiger partial charge in [-0.25, -0.2) is 0 Å². The van der Waals surface area contributed by atoms with Gasteiger partial charge in [0, 0.05) is 24.8 Å². The van der Waals surface area contributed by atoms with Crippen LogP contribution in [-0.2, 0) is 6.54 Å². The monoisotopic (exact) mass is 255 g/mol. The van der Waals surface area contributed by atoms with E-state index in [4.69, 9.17) is 11.0 Å². The van der Waals surface area contributed by atoms with E-state index in [0.29, 0.717) is 29.5 Å². The van der Waals surface area contributed by atoms with Gasteiger partial charge in [-0.2, -0.15) is 5.26 Å². The van der Waals surface area contributed by atoms with E-state index in [9.17, 15) is 4.79 Å². The number of aryl methyl sites for hydroxylation is 1. The van der Waals surface area contributed by atoms with Crippen molar-refractivity contribution in [3.8, 4) is 6.07 Å². The van der Waals surface area contributed by atoms with Crippen LogP contribution in [0.1, 0.15) is 12.8 Å². The van der Waals surface area contributed by atoms with Gasteiger partial charge in [-0.3, -0.25) is 4.79 Å². The second kappa shape index (κ2) is 4.82. The van der Waals surface area contributed by atoms with Crippen molar-refractivity contribution in [3.63, 3.8) is 0 Å². The summed E-state index contributed by atoms with van der Waals surface area (Å²) in [5.74, 6) is 0. The lowest BCUT2D eigenvalue weighted by Gasteiger charge is -2.05. The van der Waals surface area contributed by atoms with Crippen LogP contribution in [0.2, 0.25) is 0 Å². The van der Waals surface area contributed by atoms with Gasteiger partial charge in [0.2, 0.25) is 0 Å². The van der Waals surface area contributed by atoms with Crippen LogP contribution in [0.15, 0.2) is 21.5 Å². The van der Waals surface area contributed by atoms with E-state index >= 15 is 0 Å². The zero-order valence-corrected chi connectivity index (χ0v) is 9.12. The third-order valence-corrected chi connectivity index (χ3v) is 2.32. The van der Waals surface area contributed by atoms with E-state index in [2.05, 4.69) is 15.9 Å². The molecule has 0 amide bonds. The normalized spacial score (nSPS) is 9.71. The van der Waals surface area contributed by atoms with Crippen molar-refractivity contribution in [2.24, 2.45) is 0 Å². The molecule has 0 fully saturated rings. The Morgan fingerprint density at radius 1 is 1.64 bits per heavy atom. The molecule has 2 N–H and O–H groups in total. The van der Waals surface area contributed by atoms with Crippen LogP contribution in [0, 0.1) is 11.3 Å². The molecule has 0 radical (unpaired) electrons. The Balaban J connectivity index is 2.87. The summed E-state index contributed by atoms with van der Waals surface area (Å²) in [6.45, 7) is 0.524. The number of nitrogens with two attached hydrogens (primary N) is 1. The molecule has 4 nitrogen and oxygen atoms in total. The molecule has 0 saturated carbocycles. The Labute approximate surface area is 90.1 Å². The summed E-state index contributed by atoms with van der Waals surface area (Å²) in [7, 11) is 0. The molecule has 0 aromatic carbocycles. The first-order valence-electron chi connectivity index (χ1n) is 4.17. The minimum Gasteiger partial charge on any atom is -0.398 e. The number of aromatic nitrogens is 1. The molecule has 0 bridgehead atoms. The fourth-order valence-corrected chi connectivity index (χ4v) is 1.61. The zero-order valence-electron chi connectivity index (χ0n) is 7.53. The molecule has 0 spiro atoms. The van der Waals surface area contributed by atoms with E-state index in [1.807, 2.05) is 6.07 Å². The lowest BCUT2D eigenvalue weighted by molar-refractivity contribution is 0.631. The van der Waals surface area contributed by atoms with Gasteiger partial charge in [0.1, 0.15) is 0 Å². The Bertz CT molecular complexity index is 419. The minimum absolute atomic E-state index is 0.114. The predicted molar refractivity (Wildman–Crippen MR) is 57.7 cm³/mol. The van der Waals surface area contributed by atoms with E-state index in [-0.39, 0.29) is 5.56 Å². The molecule has 1 aromatic heterocycles. The fourth-order valence-electron chi connectivity index (χ4n) is 1.12. The summed E-state index contributed by atoms with van der Waals surface area (Å²) in [5.41, 5.74) is 6.00. The number of anilines is 1. The fraction of sp³-hybridized carbons (Fsp3) is 0.333. The van der Waals surface area contributed by atoms with Gasteiger partial charge in [0.05, 0.1) is 10.5 Å². The highest BCUT2D eigenvalue weighted by atomic mass is 79.9. The first-order valence-corrected chi connectivity index (χ1v) is 4.97. The molecule has 0 aliphatic carbocycles. The van der Waals surface area contributed by atoms with Crippen LogP contribution in [0.4, 0.5) is 5.69 Å². The molecule has 1 aromatic rings. The number of hydrogen-bond donors (Lipinski definition) is 1. The molecule has 0 aliphatic rings.